The number of aromatic nitrogens is 2. The molecule has 2 heterocycles. The normalized spacial score (nSPS) is 23.5. The number of amides is 2. The van der Waals surface area contributed by atoms with Crippen molar-refractivity contribution >= 4 is 33.4 Å². The van der Waals surface area contributed by atoms with Crippen LogP contribution in [0.2, 0.25) is 5.15 Å². The lowest BCUT2D eigenvalue weighted by Gasteiger charge is -2.32. The molecule has 2 fully saturated rings. The van der Waals surface area contributed by atoms with Crippen LogP contribution in [0.25, 0.3) is 0 Å². The van der Waals surface area contributed by atoms with Gasteiger partial charge >= 0.3 is 0 Å². The van der Waals surface area contributed by atoms with Crippen LogP contribution in [0.5, 0.6) is 0 Å². The fraction of sp³-hybridized carbons (Fsp3) is 0.522. The van der Waals surface area contributed by atoms with Gasteiger partial charge in [-0.15, -0.1) is 0 Å². The van der Waals surface area contributed by atoms with Gasteiger partial charge in [0.1, 0.15) is 10.0 Å². The molecule has 1 atom stereocenters. The Morgan fingerprint density at radius 2 is 1.83 bits per heavy atom. The van der Waals surface area contributed by atoms with Crippen LogP contribution in [0, 0.1) is 13.8 Å². The van der Waals surface area contributed by atoms with Gasteiger partial charge in [0.25, 0.3) is 11.8 Å². The van der Waals surface area contributed by atoms with Crippen LogP contribution in [0.4, 0.5) is 0 Å². The molecule has 1 aromatic carbocycles. The van der Waals surface area contributed by atoms with Gasteiger partial charge in [0, 0.05) is 37.8 Å². The molecule has 10 nitrogen and oxygen atoms in total. The summed E-state index contributed by atoms with van der Waals surface area (Å²) in [6.07, 6.45) is 1.60. The van der Waals surface area contributed by atoms with Crippen molar-refractivity contribution in [2.45, 2.75) is 62.7 Å². The van der Waals surface area contributed by atoms with Crippen LogP contribution >= 0.6 is 11.6 Å². The number of hydrogen-bond donors (Lipinski definition) is 2. The van der Waals surface area contributed by atoms with E-state index in [0.29, 0.717) is 18.4 Å². The SMILES string of the molecule is Cc1cccc(C(=O)N2CCN(S(=O)(=O)c3c(C)nn(C)c3Cl)C2C(=O)NC2CCC(N)CC2)c1. The summed E-state index contributed by atoms with van der Waals surface area (Å²) in [7, 11) is -2.69. The van der Waals surface area contributed by atoms with Gasteiger partial charge in [-0.05, 0) is 51.7 Å². The van der Waals surface area contributed by atoms with Gasteiger partial charge in [-0.25, -0.2) is 8.42 Å². The van der Waals surface area contributed by atoms with Crippen LogP contribution in [0.15, 0.2) is 29.2 Å². The molecule has 12 heteroatoms. The smallest absolute Gasteiger partial charge is 0.259 e. The molecule has 0 bridgehead atoms. The summed E-state index contributed by atoms with van der Waals surface area (Å²) in [4.78, 5) is 28.2. The van der Waals surface area contributed by atoms with E-state index in [9.17, 15) is 18.0 Å². The Kier molecular flexibility index (Phi) is 7.23. The number of hydrogen-bond acceptors (Lipinski definition) is 6. The highest BCUT2D eigenvalue weighted by molar-refractivity contribution is 7.89. The number of nitrogens with one attached hydrogen (secondary N) is 1. The van der Waals surface area contributed by atoms with Crippen molar-refractivity contribution in [3.05, 3.63) is 46.2 Å². The van der Waals surface area contributed by atoms with Crippen molar-refractivity contribution in [3.8, 4) is 0 Å². The average Bonchev–Trinajstić information content (AvgIpc) is 3.36. The quantitative estimate of drug-likeness (QED) is 0.612. The number of nitrogens with two attached hydrogens (primary N) is 1. The van der Waals surface area contributed by atoms with E-state index in [1.165, 1.54) is 9.58 Å². The summed E-state index contributed by atoms with van der Waals surface area (Å²) in [6.45, 7) is 3.43. The zero-order chi connectivity index (χ0) is 25.5. The van der Waals surface area contributed by atoms with E-state index in [1.54, 1.807) is 32.2 Å². The van der Waals surface area contributed by atoms with Gasteiger partial charge in [-0.2, -0.15) is 9.40 Å². The third-order valence-electron chi connectivity index (χ3n) is 6.67. The molecule has 190 valence electrons. The van der Waals surface area contributed by atoms with E-state index < -0.39 is 28.0 Å². The Labute approximate surface area is 210 Å². The van der Waals surface area contributed by atoms with Gasteiger partial charge in [0.05, 0.1) is 5.69 Å². The van der Waals surface area contributed by atoms with Gasteiger partial charge in [-0.1, -0.05) is 29.3 Å². The van der Waals surface area contributed by atoms with E-state index in [0.717, 1.165) is 22.7 Å². The second kappa shape index (κ2) is 9.88. The molecule has 0 radical (unpaired) electrons. The molecule has 3 N–H and O–H groups in total. The molecule has 35 heavy (non-hydrogen) atoms. The predicted octanol–water partition coefficient (Wildman–Crippen LogP) is 1.55. The molecule has 2 aliphatic rings. The number of benzene rings is 1. The number of halogens is 1. The van der Waals surface area contributed by atoms with Crippen molar-refractivity contribution in [2.24, 2.45) is 12.8 Å². The fourth-order valence-corrected chi connectivity index (χ4v) is 7.10. The molecule has 4 rings (SSSR count). The van der Waals surface area contributed by atoms with Crippen molar-refractivity contribution < 1.29 is 18.0 Å². The molecule has 2 amide bonds. The Balaban J connectivity index is 1.70. The largest absolute Gasteiger partial charge is 0.350 e. The number of sulfonamides is 1. The van der Waals surface area contributed by atoms with Gasteiger partial charge in [0.15, 0.2) is 6.17 Å². The third-order valence-corrected chi connectivity index (χ3v) is 9.22. The molecular weight excluding hydrogens is 492 g/mol. The Morgan fingerprint density at radius 3 is 2.43 bits per heavy atom. The lowest BCUT2D eigenvalue weighted by atomic mass is 9.92. The van der Waals surface area contributed by atoms with Crippen LogP contribution in [0.3, 0.4) is 0 Å². The average molecular weight is 523 g/mol. The maximum absolute atomic E-state index is 13.8. The highest BCUT2D eigenvalue weighted by atomic mass is 35.5. The minimum Gasteiger partial charge on any atom is -0.350 e. The zero-order valence-corrected chi connectivity index (χ0v) is 21.6. The topological polar surface area (TPSA) is 131 Å². The number of nitrogens with zero attached hydrogens (tertiary/aromatic N) is 4. The number of carbonyl (C=O) groups is 2. The summed E-state index contributed by atoms with van der Waals surface area (Å²) in [5, 5.41) is 7.04. The van der Waals surface area contributed by atoms with Gasteiger partial charge in [0.2, 0.25) is 10.0 Å². The standard InChI is InChI=1S/C23H31ClN6O4S/c1-14-5-4-6-16(13-14)23(32)29-11-12-30(35(33,34)19-15(2)27-28(3)20(19)24)22(29)21(31)26-18-9-7-17(25)8-10-18/h4-6,13,17-18,22H,7-12,25H2,1-3H3,(H,26,31). The van der Waals surface area contributed by atoms with Gasteiger partial charge < -0.3 is 16.0 Å². The molecule has 1 aromatic heterocycles. The molecule has 1 aliphatic carbocycles. The van der Waals surface area contributed by atoms with Crippen LogP contribution < -0.4 is 11.1 Å². The highest BCUT2D eigenvalue weighted by Gasteiger charge is 2.48. The molecule has 0 spiro atoms. The Hall–Kier alpha value is -2.47. The summed E-state index contributed by atoms with van der Waals surface area (Å²) in [6, 6.07) is 6.97. The van der Waals surface area contributed by atoms with E-state index >= 15 is 0 Å². The minimum absolute atomic E-state index is 0.0435. The minimum atomic E-state index is -4.24. The molecular formula is C23H31ClN6O4S. The van der Waals surface area contributed by atoms with E-state index in [4.69, 9.17) is 17.3 Å². The maximum atomic E-state index is 13.8. The zero-order valence-electron chi connectivity index (χ0n) is 20.1. The maximum Gasteiger partial charge on any atom is 0.259 e. The highest BCUT2D eigenvalue weighted by Crippen LogP contribution is 2.32. The molecule has 1 saturated carbocycles. The van der Waals surface area contributed by atoms with E-state index in [-0.39, 0.29) is 40.9 Å². The van der Waals surface area contributed by atoms with E-state index in [2.05, 4.69) is 10.4 Å². The first-order valence-electron chi connectivity index (χ1n) is 11.6. The fourth-order valence-electron chi connectivity index (χ4n) is 4.85. The first kappa shape index (κ1) is 25.6. The summed E-state index contributed by atoms with van der Waals surface area (Å²) in [5.74, 6) is -0.948. The third kappa shape index (κ3) is 4.95. The van der Waals surface area contributed by atoms with Crippen LogP contribution in [0.1, 0.15) is 47.3 Å². The molecule has 1 aliphatic heterocycles. The predicted molar refractivity (Wildman–Crippen MR) is 131 cm³/mol. The monoisotopic (exact) mass is 522 g/mol. The van der Waals surface area contributed by atoms with Crippen molar-refractivity contribution in [1.82, 2.24) is 24.3 Å². The molecule has 2 aromatic rings. The summed E-state index contributed by atoms with van der Waals surface area (Å²) < 4.78 is 29.8. The number of carbonyl (C=O) groups excluding carboxylic acids is 2. The van der Waals surface area contributed by atoms with Crippen LogP contribution in [-0.4, -0.2) is 70.6 Å². The summed E-state index contributed by atoms with van der Waals surface area (Å²) >= 11 is 6.29. The van der Waals surface area contributed by atoms with Crippen molar-refractivity contribution in [2.75, 3.05) is 13.1 Å². The Bertz CT molecular complexity index is 1240. The molecule has 1 unspecified atom stereocenters. The number of aryl methyl sites for hydroxylation is 3. The summed E-state index contributed by atoms with van der Waals surface area (Å²) in [5.41, 5.74) is 7.49. The number of rotatable bonds is 5. The Morgan fingerprint density at radius 1 is 1.14 bits per heavy atom. The second-order valence-electron chi connectivity index (χ2n) is 9.31. The first-order chi connectivity index (χ1) is 16.5. The lowest BCUT2D eigenvalue weighted by Crippen LogP contribution is -2.56. The second-order valence-corrected chi connectivity index (χ2v) is 11.5. The van der Waals surface area contributed by atoms with Crippen molar-refractivity contribution in [1.29, 1.82) is 0 Å². The van der Waals surface area contributed by atoms with Crippen molar-refractivity contribution in [3.63, 3.8) is 0 Å². The van der Waals surface area contributed by atoms with E-state index in [1.807, 2.05) is 13.0 Å². The van der Waals surface area contributed by atoms with Gasteiger partial charge in [-0.3, -0.25) is 14.3 Å². The molecule has 1 saturated heterocycles. The lowest BCUT2D eigenvalue weighted by molar-refractivity contribution is -0.128. The first-order valence-corrected chi connectivity index (χ1v) is 13.5. The van der Waals surface area contributed by atoms with Crippen LogP contribution in [-0.2, 0) is 21.9 Å².